The summed E-state index contributed by atoms with van der Waals surface area (Å²) < 4.78 is 64.4. The van der Waals surface area contributed by atoms with Crippen LogP contribution < -0.4 is 0 Å². The minimum absolute atomic E-state index is 0.00701. The van der Waals surface area contributed by atoms with Gasteiger partial charge in [-0.05, 0) is 26.0 Å². The lowest BCUT2D eigenvalue weighted by Crippen LogP contribution is -2.42. The Morgan fingerprint density at radius 2 is 1.65 bits per heavy atom. The fourth-order valence-electron chi connectivity index (χ4n) is 1.63. The van der Waals surface area contributed by atoms with Gasteiger partial charge in [0.1, 0.15) is 0 Å². The lowest BCUT2D eigenvalue weighted by molar-refractivity contribution is 0.0601. The molecule has 1 rings (SSSR count). The van der Waals surface area contributed by atoms with E-state index in [9.17, 15) is 26.7 Å². The molecule has 0 saturated heterocycles. The van der Waals surface area contributed by atoms with Gasteiger partial charge in [-0.3, -0.25) is 0 Å². The summed E-state index contributed by atoms with van der Waals surface area (Å²) >= 11 is 0. The molecule has 0 spiro atoms. The summed E-state index contributed by atoms with van der Waals surface area (Å²) in [5, 5.41) is 9.67. The number of sulfonamides is 1. The molecule has 0 aromatic heterocycles. The van der Waals surface area contributed by atoms with Crippen molar-refractivity contribution >= 4 is 10.0 Å². The van der Waals surface area contributed by atoms with Crippen molar-refractivity contribution in [2.45, 2.75) is 31.3 Å². The quantitative estimate of drug-likeness (QED) is 0.845. The maximum absolute atomic E-state index is 13.1. The Morgan fingerprint density at radius 3 is 2.00 bits per heavy atom. The molecule has 0 aliphatic carbocycles. The Kier molecular flexibility index (Phi) is 4.83. The highest BCUT2D eigenvalue weighted by Crippen LogP contribution is 2.22. The Morgan fingerprint density at radius 1 is 1.20 bits per heavy atom. The van der Waals surface area contributed by atoms with Crippen LogP contribution in [0, 0.1) is 17.5 Å². The van der Waals surface area contributed by atoms with Gasteiger partial charge in [0.05, 0.1) is 10.5 Å². The molecule has 1 N–H and O–H groups in total. The van der Waals surface area contributed by atoms with E-state index < -0.39 is 38.0 Å². The van der Waals surface area contributed by atoms with Crippen LogP contribution in [0.4, 0.5) is 13.2 Å². The van der Waals surface area contributed by atoms with Crippen LogP contribution in [0.3, 0.4) is 0 Å². The molecule has 0 bridgehead atoms. The average molecular weight is 311 g/mol. The highest BCUT2D eigenvalue weighted by Gasteiger charge is 2.30. The van der Waals surface area contributed by atoms with Crippen molar-refractivity contribution in [3.8, 4) is 0 Å². The predicted molar refractivity (Wildman–Crippen MR) is 67.0 cm³/mol. The van der Waals surface area contributed by atoms with Crippen molar-refractivity contribution in [3.63, 3.8) is 0 Å². The summed E-state index contributed by atoms with van der Waals surface area (Å²) in [4.78, 5) is -0.694. The molecule has 0 heterocycles. The van der Waals surface area contributed by atoms with Crippen molar-refractivity contribution in [1.29, 1.82) is 0 Å². The average Bonchev–Trinajstić information content (AvgIpc) is 2.30. The highest BCUT2D eigenvalue weighted by molar-refractivity contribution is 7.89. The molecule has 1 aromatic carbocycles. The second-order valence-corrected chi connectivity index (χ2v) is 6.88. The van der Waals surface area contributed by atoms with Gasteiger partial charge in [-0.15, -0.1) is 0 Å². The topological polar surface area (TPSA) is 57.6 Å². The number of hydrogen-bond donors (Lipinski definition) is 1. The first-order valence-electron chi connectivity index (χ1n) is 5.86. The SMILES string of the molecule is CCN(CC(C)(C)O)S(=O)(=O)c1cc(F)c(F)c(F)c1. The van der Waals surface area contributed by atoms with Crippen LogP contribution >= 0.6 is 0 Å². The summed E-state index contributed by atoms with van der Waals surface area (Å²) in [6.45, 7) is 4.05. The van der Waals surface area contributed by atoms with E-state index in [1.54, 1.807) is 0 Å². The minimum atomic E-state index is -4.22. The number of likely N-dealkylation sites (N-methyl/N-ethyl adjacent to an activating group) is 1. The minimum Gasteiger partial charge on any atom is -0.389 e. The van der Waals surface area contributed by atoms with Crippen LogP contribution in [-0.4, -0.2) is 36.5 Å². The van der Waals surface area contributed by atoms with Gasteiger partial charge < -0.3 is 5.11 Å². The molecular weight excluding hydrogens is 295 g/mol. The lowest BCUT2D eigenvalue weighted by Gasteiger charge is -2.27. The third-order valence-electron chi connectivity index (χ3n) is 2.51. The summed E-state index contributed by atoms with van der Waals surface area (Å²) in [7, 11) is -4.22. The number of nitrogens with zero attached hydrogens (tertiary/aromatic N) is 1. The molecule has 4 nitrogen and oxygen atoms in total. The van der Waals surface area contributed by atoms with E-state index in [1.165, 1.54) is 20.8 Å². The largest absolute Gasteiger partial charge is 0.389 e. The Balaban J connectivity index is 3.28. The first kappa shape index (κ1) is 16.9. The van der Waals surface area contributed by atoms with Crippen LogP contribution in [0.2, 0.25) is 0 Å². The van der Waals surface area contributed by atoms with Crippen LogP contribution in [0.15, 0.2) is 17.0 Å². The molecule has 0 aliphatic rings. The maximum atomic E-state index is 13.1. The summed E-state index contributed by atoms with van der Waals surface area (Å²) in [5.41, 5.74) is -1.32. The van der Waals surface area contributed by atoms with Gasteiger partial charge in [-0.2, -0.15) is 4.31 Å². The molecule has 114 valence electrons. The first-order chi connectivity index (χ1) is 8.99. The van der Waals surface area contributed by atoms with Crippen LogP contribution in [0.1, 0.15) is 20.8 Å². The molecule has 0 atom stereocenters. The Bertz CT molecular complexity index is 573. The van der Waals surface area contributed by atoms with Gasteiger partial charge in [-0.25, -0.2) is 21.6 Å². The van der Waals surface area contributed by atoms with Gasteiger partial charge >= 0.3 is 0 Å². The maximum Gasteiger partial charge on any atom is 0.243 e. The van der Waals surface area contributed by atoms with E-state index in [0.717, 1.165) is 4.31 Å². The van der Waals surface area contributed by atoms with E-state index >= 15 is 0 Å². The Hall–Kier alpha value is -1.12. The molecule has 0 aliphatic heterocycles. The zero-order chi connectivity index (χ0) is 15.7. The second-order valence-electron chi connectivity index (χ2n) is 4.94. The number of aliphatic hydroxyl groups is 1. The Labute approximate surface area is 115 Å². The fraction of sp³-hybridized carbons (Fsp3) is 0.500. The molecular formula is C12H16F3NO3S. The third kappa shape index (κ3) is 3.71. The molecule has 0 amide bonds. The molecule has 0 saturated carbocycles. The molecule has 1 aromatic rings. The number of benzene rings is 1. The number of halogens is 3. The highest BCUT2D eigenvalue weighted by atomic mass is 32.2. The van der Waals surface area contributed by atoms with E-state index in [1.807, 2.05) is 0 Å². The smallest absolute Gasteiger partial charge is 0.243 e. The second kappa shape index (κ2) is 5.71. The van der Waals surface area contributed by atoms with E-state index in [0.29, 0.717) is 12.1 Å². The van der Waals surface area contributed by atoms with E-state index in [4.69, 9.17) is 0 Å². The zero-order valence-electron chi connectivity index (χ0n) is 11.3. The van der Waals surface area contributed by atoms with Crippen molar-refractivity contribution < 1.29 is 26.7 Å². The van der Waals surface area contributed by atoms with Gasteiger partial charge in [0, 0.05) is 13.1 Å². The zero-order valence-corrected chi connectivity index (χ0v) is 12.1. The standard InChI is InChI=1S/C12H16F3NO3S/c1-4-16(7-12(2,3)17)20(18,19)8-5-9(13)11(15)10(14)6-8/h5-6,17H,4,7H2,1-3H3. The molecule has 0 fully saturated rings. The number of rotatable bonds is 5. The predicted octanol–water partition coefficient (Wildman–Crippen LogP) is 1.89. The fourth-order valence-corrected chi connectivity index (χ4v) is 3.26. The van der Waals surface area contributed by atoms with Crippen LogP contribution in [0.25, 0.3) is 0 Å². The van der Waals surface area contributed by atoms with Crippen molar-refractivity contribution in [1.82, 2.24) is 4.31 Å². The molecule has 8 heteroatoms. The number of hydrogen-bond acceptors (Lipinski definition) is 3. The summed E-state index contributed by atoms with van der Waals surface area (Å²) in [6.07, 6.45) is 0. The first-order valence-corrected chi connectivity index (χ1v) is 7.30. The lowest BCUT2D eigenvalue weighted by atomic mass is 10.1. The van der Waals surface area contributed by atoms with E-state index in [2.05, 4.69) is 0 Å². The van der Waals surface area contributed by atoms with Gasteiger partial charge in [-0.1, -0.05) is 6.92 Å². The molecule has 0 unspecified atom stereocenters. The normalized spacial score (nSPS) is 13.0. The van der Waals surface area contributed by atoms with Crippen molar-refractivity contribution in [2.24, 2.45) is 0 Å². The summed E-state index contributed by atoms with van der Waals surface area (Å²) in [6, 6.07) is 0.835. The third-order valence-corrected chi connectivity index (χ3v) is 4.41. The van der Waals surface area contributed by atoms with Crippen LogP contribution in [0.5, 0.6) is 0 Å². The molecule has 0 radical (unpaired) electrons. The van der Waals surface area contributed by atoms with Gasteiger partial charge in [0.25, 0.3) is 0 Å². The monoisotopic (exact) mass is 311 g/mol. The van der Waals surface area contributed by atoms with E-state index in [-0.39, 0.29) is 13.1 Å². The van der Waals surface area contributed by atoms with Crippen molar-refractivity contribution in [3.05, 3.63) is 29.6 Å². The van der Waals surface area contributed by atoms with Gasteiger partial charge in [0.2, 0.25) is 10.0 Å². The van der Waals surface area contributed by atoms with Crippen molar-refractivity contribution in [2.75, 3.05) is 13.1 Å². The van der Waals surface area contributed by atoms with Crippen LogP contribution in [-0.2, 0) is 10.0 Å². The van der Waals surface area contributed by atoms with Gasteiger partial charge in [0.15, 0.2) is 17.5 Å². The summed E-state index contributed by atoms with van der Waals surface area (Å²) in [5.74, 6) is -4.89. The molecule has 20 heavy (non-hydrogen) atoms.